The van der Waals surface area contributed by atoms with Gasteiger partial charge in [0.25, 0.3) is 0 Å². The van der Waals surface area contributed by atoms with E-state index < -0.39 is 0 Å². The molecule has 0 aliphatic carbocycles. The molecule has 2 aromatic carbocycles. The highest BCUT2D eigenvalue weighted by Crippen LogP contribution is 2.28. The smallest absolute Gasteiger partial charge is 0.319 e. The number of ether oxygens (including phenoxy) is 1. The lowest BCUT2D eigenvalue weighted by atomic mass is 10.0. The Bertz CT molecular complexity index is 1270. The van der Waals surface area contributed by atoms with E-state index in [2.05, 4.69) is 51.5 Å². The number of benzene rings is 2. The topological polar surface area (TPSA) is 99.7 Å². The van der Waals surface area contributed by atoms with Crippen molar-refractivity contribution in [3.8, 4) is 5.75 Å². The first-order valence-corrected chi connectivity index (χ1v) is 14.5. The number of anilines is 2. The van der Waals surface area contributed by atoms with Crippen molar-refractivity contribution in [2.24, 2.45) is 0 Å². The van der Waals surface area contributed by atoms with E-state index in [1.165, 1.54) is 5.56 Å². The largest absolute Gasteiger partial charge is 0.492 e. The summed E-state index contributed by atoms with van der Waals surface area (Å²) in [6, 6.07) is 13.8. The van der Waals surface area contributed by atoms with E-state index in [0.29, 0.717) is 25.5 Å². The number of likely N-dealkylation sites (tertiary alicyclic amines) is 1. The Hall–Kier alpha value is -3.88. The number of aromatic nitrogens is 2. The Kier molecular flexibility index (Phi) is 10.2. The summed E-state index contributed by atoms with van der Waals surface area (Å²) in [5, 5.41) is 7.03. The second-order valence-corrected chi connectivity index (χ2v) is 10.3. The monoisotopic (exact) mass is 546 g/mol. The summed E-state index contributed by atoms with van der Waals surface area (Å²) in [7, 11) is 0. The average Bonchev–Trinajstić information content (AvgIpc) is 3.38. The maximum Gasteiger partial charge on any atom is 0.319 e. The second-order valence-electron chi connectivity index (χ2n) is 10.3. The zero-order valence-electron chi connectivity index (χ0n) is 24.2. The van der Waals surface area contributed by atoms with Crippen molar-refractivity contribution in [1.29, 1.82) is 0 Å². The van der Waals surface area contributed by atoms with Crippen LogP contribution in [0.1, 0.15) is 64.9 Å². The van der Waals surface area contributed by atoms with E-state index in [4.69, 9.17) is 4.74 Å². The minimum Gasteiger partial charge on any atom is -0.492 e. The van der Waals surface area contributed by atoms with Crippen molar-refractivity contribution in [2.45, 2.75) is 65.3 Å². The van der Waals surface area contributed by atoms with Crippen LogP contribution in [-0.2, 0) is 4.79 Å². The molecule has 1 aromatic heterocycles. The summed E-state index contributed by atoms with van der Waals surface area (Å²) in [5.74, 6) is 2.31. The molecule has 0 unspecified atom stereocenters. The van der Waals surface area contributed by atoms with Crippen LogP contribution in [0.3, 0.4) is 0 Å². The van der Waals surface area contributed by atoms with Crippen molar-refractivity contribution in [1.82, 2.24) is 20.2 Å². The number of rotatable bonds is 8. The van der Waals surface area contributed by atoms with Crippen LogP contribution < -0.4 is 20.3 Å². The van der Waals surface area contributed by atoms with Gasteiger partial charge in [0.1, 0.15) is 24.5 Å². The summed E-state index contributed by atoms with van der Waals surface area (Å²) in [6.45, 7) is 11.8. The third kappa shape index (κ3) is 7.40. The van der Waals surface area contributed by atoms with E-state index in [1.807, 2.05) is 49.1 Å². The fraction of sp³-hybridized carbons (Fsp3) is 0.484. The lowest BCUT2D eigenvalue weighted by molar-refractivity contribution is -0.128. The number of urea groups is 1. The molecule has 0 bridgehead atoms. The van der Waals surface area contributed by atoms with E-state index in [-0.39, 0.29) is 18.0 Å². The first-order valence-electron chi connectivity index (χ1n) is 14.5. The second kappa shape index (κ2) is 14.0. The van der Waals surface area contributed by atoms with Gasteiger partial charge in [0.15, 0.2) is 0 Å². The highest BCUT2D eigenvalue weighted by atomic mass is 16.5. The molecule has 0 spiro atoms. The highest BCUT2D eigenvalue weighted by Gasteiger charge is 2.23. The zero-order chi connectivity index (χ0) is 28.5. The molecule has 2 saturated heterocycles. The molecule has 5 rings (SSSR count). The molecule has 3 aromatic rings. The normalized spacial score (nSPS) is 15.7. The van der Waals surface area contributed by atoms with Crippen LogP contribution in [0.2, 0.25) is 0 Å². The van der Waals surface area contributed by atoms with Gasteiger partial charge < -0.3 is 25.2 Å². The molecule has 3 amide bonds. The summed E-state index contributed by atoms with van der Waals surface area (Å²) in [5.41, 5.74) is 2.87. The standard InChI is InChI=1S/C29H36N6O3.C2H6/c1-20(2)21-5-7-22(8-6-21)32-29(37)33-23-11-14-35(15-12-23)28-25-10-9-24(18-26(25)30-19-31-28)38-17-16-34-13-3-4-27(34)36;1-2/h5-10,18-20,23H,3-4,11-17H2,1-2H3,(H2,32,33,37);1-2H3. The van der Waals surface area contributed by atoms with Gasteiger partial charge in [-0.1, -0.05) is 39.8 Å². The van der Waals surface area contributed by atoms with Crippen LogP contribution in [0.4, 0.5) is 16.3 Å². The lowest BCUT2D eigenvalue weighted by Crippen LogP contribution is -2.46. The number of carbonyl (C=O) groups excluding carboxylic acids is 2. The third-order valence-electron chi connectivity index (χ3n) is 7.35. The molecule has 9 heteroatoms. The number of amides is 3. The molecule has 2 aliphatic rings. The molecule has 2 fully saturated rings. The van der Waals surface area contributed by atoms with Crippen LogP contribution in [-0.4, -0.2) is 65.6 Å². The van der Waals surface area contributed by atoms with Crippen molar-refractivity contribution in [3.05, 3.63) is 54.4 Å². The number of fused-ring (bicyclic) bond motifs is 1. The van der Waals surface area contributed by atoms with Gasteiger partial charge >= 0.3 is 6.03 Å². The first-order chi connectivity index (χ1) is 19.5. The summed E-state index contributed by atoms with van der Waals surface area (Å²) in [4.78, 5) is 37.5. The Morgan fingerprint density at radius 3 is 2.48 bits per heavy atom. The number of carbonyl (C=O) groups is 2. The average molecular weight is 547 g/mol. The van der Waals surface area contributed by atoms with Crippen LogP contribution in [0, 0.1) is 0 Å². The minimum absolute atomic E-state index is 0.108. The van der Waals surface area contributed by atoms with E-state index in [9.17, 15) is 9.59 Å². The van der Waals surface area contributed by atoms with Gasteiger partial charge in [0.2, 0.25) is 5.91 Å². The molecule has 40 heavy (non-hydrogen) atoms. The predicted molar refractivity (Wildman–Crippen MR) is 160 cm³/mol. The molecular weight excluding hydrogens is 504 g/mol. The molecule has 3 heterocycles. The van der Waals surface area contributed by atoms with Crippen molar-refractivity contribution >= 4 is 34.3 Å². The Labute approximate surface area is 237 Å². The Morgan fingerprint density at radius 2 is 1.80 bits per heavy atom. The first kappa shape index (κ1) is 29.1. The number of nitrogens with one attached hydrogen (secondary N) is 2. The lowest BCUT2D eigenvalue weighted by Gasteiger charge is -2.33. The SMILES string of the molecule is CC.CC(C)c1ccc(NC(=O)NC2CCN(c3ncnc4cc(OCCN5CCCC5=O)ccc34)CC2)cc1. The van der Waals surface area contributed by atoms with E-state index >= 15 is 0 Å². The zero-order valence-corrected chi connectivity index (χ0v) is 24.2. The molecular formula is C31H42N6O3. The summed E-state index contributed by atoms with van der Waals surface area (Å²) in [6.07, 6.45) is 4.83. The van der Waals surface area contributed by atoms with Crippen LogP contribution >= 0.6 is 0 Å². The van der Waals surface area contributed by atoms with Crippen molar-refractivity contribution < 1.29 is 14.3 Å². The van der Waals surface area contributed by atoms with Gasteiger partial charge in [-0.25, -0.2) is 14.8 Å². The van der Waals surface area contributed by atoms with Gasteiger partial charge in [0.05, 0.1) is 12.1 Å². The number of hydrogen-bond acceptors (Lipinski definition) is 6. The fourth-order valence-corrected chi connectivity index (χ4v) is 5.12. The van der Waals surface area contributed by atoms with E-state index in [1.54, 1.807) is 6.33 Å². The summed E-state index contributed by atoms with van der Waals surface area (Å²) >= 11 is 0. The Morgan fingerprint density at radius 1 is 1.05 bits per heavy atom. The van der Waals surface area contributed by atoms with Gasteiger partial charge in [-0.15, -0.1) is 0 Å². The number of hydrogen-bond donors (Lipinski definition) is 2. The number of nitrogens with zero attached hydrogens (tertiary/aromatic N) is 4. The van der Waals surface area contributed by atoms with Gasteiger partial charge in [-0.05, 0) is 55.0 Å². The third-order valence-corrected chi connectivity index (χ3v) is 7.35. The van der Waals surface area contributed by atoms with Crippen LogP contribution in [0.25, 0.3) is 10.9 Å². The van der Waals surface area contributed by atoms with Gasteiger partial charge in [-0.2, -0.15) is 0 Å². The Balaban J connectivity index is 0.00000181. The minimum atomic E-state index is -0.171. The quantitative estimate of drug-likeness (QED) is 0.383. The maximum absolute atomic E-state index is 12.5. The maximum atomic E-state index is 12.5. The van der Waals surface area contributed by atoms with Crippen molar-refractivity contribution in [2.75, 3.05) is 43.0 Å². The molecule has 0 atom stereocenters. The molecule has 0 saturated carbocycles. The number of piperidine rings is 1. The molecule has 2 aliphatic heterocycles. The van der Waals surface area contributed by atoms with Crippen molar-refractivity contribution in [3.63, 3.8) is 0 Å². The van der Waals surface area contributed by atoms with Gasteiger partial charge in [0, 0.05) is 49.2 Å². The molecule has 214 valence electrons. The molecule has 0 radical (unpaired) electrons. The predicted octanol–water partition coefficient (Wildman–Crippen LogP) is 5.57. The highest BCUT2D eigenvalue weighted by molar-refractivity contribution is 5.91. The molecule has 9 nitrogen and oxygen atoms in total. The van der Waals surface area contributed by atoms with E-state index in [0.717, 1.165) is 67.1 Å². The van der Waals surface area contributed by atoms with Gasteiger partial charge in [-0.3, -0.25) is 4.79 Å². The van der Waals surface area contributed by atoms with Crippen LogP contribution in [0.5, 0.6) is 5.75 Å². The van der Waals surface area contributed by atoms with Crippen LogP contribution in [0.15, 0.2) is 48.8 Å². The summed E-state index contributed by atoms with van der Waals surface area (Å²) < 4.78 is 5.91. The fourth-order valence-electron chi connectivity index (χ4n) is 5.12. The molecule has 2 N–H and O–H groups in total.